The first-order chi connectivity index (χ1) is 9.74. The predicted molar refractivity (Wildman–Crippen MR) is 85.9 cm³/mol. The van der Waals surface area contributed by atoms with Crippen LogP contribution >= 0.6 is 45.5 Å². The molecule has 0 aliphatic carbocycles. The summed E-state index contributed by atoms with van der Waals surface area (Å²) >= 11 is 2.34. The van der Waals surface area contributed by atoms with Gasteiger partial charge in [0.2, 0.25) is 0 Å². The summed E-state index contributed by atoms with van der Waals surface area (Å²) in [6.07, 6.45) is 0. The molecule has 0 amide bonds. The highest BCUT2D eigenvalue weighted by molar-refractivity contribution is 8.93. The highest BCUT2D eigenvalue weighted by Crippen LogP contribution is 2.35. The predicted octanol–water partition coefficient (Wildman–Crippen LogP) is 2.57. The summed E-state index contributed by atoms with van der Waals surface area (Å²) < 4.78 is 14.2. The largest absolute Gasteiger partial charge is 0.379 e. The molecule has 0 aromatic carbocycles. The number of hydrogen-bond donors (Lipinski definition) is 0. The van der Waals surface area contributed by atoms with Crippen LogP contribution in [0.25, 0.3) is 0 Å². The molecule has 0 spiro atoms. The number of nitrogens with zero attached hydrogens (tertiary/aromatic N) is 2. The van der Waals surface area contributed by atoms with Gasteiger partial charge in [-0.25, -0.2) is 8.61 Å². The average Bonchev–Trinajstić information content (AvgIpc) is 2.47. The lowest BCUT2D eigenvalue weighted by molar-refractivity contribution is 0.0775. The maximum Gasteiger partial charge on any atom is 0.272 e. The third-order valence-electron chi connectivity index (χ3n) is 2.53. The van der Waals surface area contributed by atoms with Crippen LogP contribution in [0.15, 0.2) is 0 Å². The molecule has 0 radical (unpaired) electrons. The van der Waals surface area contributed by atoms with Crippen molar-refractivity contribution in [3.63, 3.8) is 0 Å². The molecule has 2 fully saturated rings. The number of carbonyl (C=O) groups is 2. The molecule has 0 aromatic rings. The van der Waals surface area contributed by atoms with Gasteiger partial charge in [0.25, 0.3) is 8.89 Å². The van der Waals surface area contributed by atoms with Crippen LogP contribution in [-0.4, -0.2) is 70.1 Å². The first kappa shape index (κ1) is 16.9. The lowest BCUT2D eigenvalue weighted by Crippen LogP contribution is -2.31. The molecule has 0 N–H and O–H groups in total. The van der Waals surface area contributed by atoms with Crippen molar-refractivity contribution in [2.75, 3.05) is 52.6 Å². The fourth-order valence-corrected chi connectivity index (χ4v) is 5.25. The number of hydrogen-bond acceptors (Lipinski definition) is 10. The second-order valence-corrected chi connectivity index (χ2v) is 8.66. The Kier molecular flexibility index (Phi) is 8.10. The zero-order valence-corrected chi connectivity index (χ0v) is 14.1. The Morgan fingerprint density at radius 2 is 1.05 bits per heavy atom. The molecule has 10 heteroatoms. The van der Waals surface area contributed by atoms with Gasteiger partial charge in [-0.15, -0.1) is 0 Å². The Morgan fingerprint density at radius 3 is 1.40 bits per heavy atom. The van der Waals surface area contributed by atoms with Gasteiger partial charge >= 0.3 is 0 Å². The normalized spacial score (nSPS) is 21.8. The third-order valence-corrected chi connectivity index (χ3v) is 7.16. The maximum absolute atomic E-state index is 11.7. The van der Waals surface area contributed by atoms with E-state index in [0.29, 0.717) is 26.4 Å². The van der Waals surface area contributed by atoms with Gasteiger partial charge in [0.05, 0.1) is 26.4 Å². The van der Waals surface area contributed by atoms with Crippen molar-refractivity contribution in [3.05, 3.63) is 0 Å². The van der Waals surface area contributed by atoms with Gasteiger partial charge in [0.15, 0.2) is 0 Å². The van der Waals surface area contributed by atoms with E-state index in [2.05, 4.69) is 0 Å². The van der Waals surface area contributed by atoms with Crippen LogP contribution in [-0.2, 0) is 9.47 Å². The maximum atomic E-state index is 11.7. The Hall–Kier alpha value is 0.580. The summed E-state index contributed by atoms with van der Waals surface area (Å²) in [5.74, 6) is 0. The zero-order chi connectivity index (χ0) is 14.2. The Balaban J connectivity index is 1.58. The fourth-order valence-electron chi connectivity index (χ4n) is 1.59. The topological polar surface area (TPSA) is 59.1 Å². The molecule has 2 heterocycles. The van der Waals surface area contributed by atoms with Crippen molar-refractivity contribution >= 4 is 54.4 Å². The van der Waals surface area contributed by atoms with Crippen LogP contribution in [0.3, 0.4) is 0 Å². The van der Waals surface area contributed by atoms with Gasteiger partial charge in [-0.1, -0.05) is 0 Å². The molecule has 0 aromatic heterocycles. The summed E-state index contributed by atoms with van der Waals surface area (Å²) in [5.41, 5.74) is 0. The average molecular weight is 357 g/mol. The molecule has 6 nitrogen and oxygen atoms in total. The van der Waals surface area contributed by atoms with Gasteiger partial charge < -0.3 is 9.47 Å². The highest BCUT2D eigenvalue weighted by Gasteiger charge is 2.20. The minimum absolute atomic E-state index is 0.0622. The lowest BCUT2D eigenvalue weighted by atomic mass is 10.5. The first-order valence-corrected chi connectivity index (χ1v) is 9.87. The highest BCUT2D eigenvalue weighted by atomic mass is 33.1. The van der Waals surface area contributed by atoms with E-state index in [1.165, 1.54) is 23.9 Å². The van der Waals surface area contributed by atoms with Crippen LogP contribution in [0.1, 0.15) is 0 Å². The summed E-state index contributed by atoms with van der Waals surface area (Å²) in [7, 11) is 1.99. The number of ether oxygens (including phenoxy) is 2. The Labute approximate surface area is 134 Å². The number of rotatable bonds is 2. The van der Waals surface area contributed by atoms with Gasteiger partial charge in [-0.2, -0.15) is 0 Å². The van der Waals surface area contributed by atoms with Crippen molar-refractivity contribution < 1.29 is 19.1 Å². The SMILES string of the molecule is O=C(SSC(=O)SN1CCOCC1)SN1CCOCC1. The molecule has 2 aliphatic rings. The minimum Gasteiger partial charge on any atom is -0.379 e. The molecular weight excluding hydrogens is 340 g/mol. The van der Waals surface area contributed by atoms with Crippen LogP contribution in [0.4, 0.5) is 9.59 Å². The van der Waals surface area contributed by atoms with Gasteiger partial charge in [0.1, 0.15) is 0 Å². The molecule has 2 rings (SSSR count). The van der Waals surface area contributed by atoms with E-state index in [9.17, 15) is 9.59 Å². The van der Waals surface area contributed by atoms with E-state index in [1.807, 2.05) is 8.61 Å². The fraction of sp³-hybridized carbons (Fsp3) is 0.800. The first-order valence-electron chi connectivity index (χ1n) is 6.18. The van der Waals surface area contributed by atoms with E-state index < -0.39 is 0 Å². The molecular formula is C10H16N2O4S4. The Morgan fingerprint density at radius 1 is 0.700 bits per heavy atom. The van der Waals surface area contributed by atoms with Crippen LogP contribution in [0, 0.1) is 0 Å². The summed E-state index contributed by atoms with van der Waals surface area (Å²) in [4.78, 5) is 23.5. The quantitative estimate of drug-likeness (QED) is 0.545. The number of carbonyl (C=O) groups excluding carboxylic acids is 2. The monoisotopic (exact) mass is 356 g/mol. The van der Waals surface area contributed by atoms with Crippen molar-refractivity contribution in [1.29, 1.82) is 0 Å². The standard InChI is InChI=1S/C10H16N2O4S4/c13-9(17-11-1-5-15-6-2-11)19-20-10(14)18-12-3-7-16-8-4-12/h1-8H2. The molecule has 0 saturated carbocycles. The van der Waals surface area contributed by atoms with Crippen LogP contribution < -0.4 is 0 Å². The Bertz CT molecular complexity index is 303. The molecule has 2 aliphatic heterocycles. The molecule has 114 valence electrons. The molecule has 0 bridgehead atoms. The van der Waals surface area contributed by atoms with E-state index in [0.717, 1.165) is 47.8 Å². The van der Waals surface area contributed by atoms with E-state index >= 15 is 0 Å². The van der Waals surface area contributed by atoms with Crippen molar-refractivity contribution in [3.8, 4) is 0 Å². The molecule has 0 atom stereocenters. The van der Waals surface area contributed by atoms with E-state index in [4.69, 9.17) is 9.47 Å². The summed E-state index contributed by atoms with van der Waals surface area (Å²) in [6.45, 7) is 5.62. The molecule has 2 saturated heterocycles. The molecule has 0 unspecified atom stereocenters. The van der Waals surface area contributed by atoms with Gasteiger partial charge in [0, 0.05) is 71.7 Å². The second-order valence-electron chi connectivity index (χ2n) is 3.93. The lowest BCUT2D eigenvalue weighted by Gasteiger charge is -2.24. The third kappa shape index (κ3) is 6.56. The van der Waals surface area contributed by atoms with Crippen molar-refractivity contribution in [1.82, 2.24) is 8.61 Å². The molecule has 20 heavy (non-hydrogen) atoms. The van der Waals surface area contributed by atoms with E-state index in [1.54, 1.807) is 0 Å². The minimum atomic E-state index is -0.0622. The summed E-state index contributed by atoms with van der Waals surface area (Å²) in [6, 6.07) is 0. The summed E-state index contributed by atoms with van der Waals surface area (Å²) in [5, 5.41) is 0. The van der Waals surface area contributed by atoms with Gasteiger partial charge in [-0.3, -0.25) is 9.59 Å². The number of morpholine rings is 2. The van der Waals surface area contributed by atoms with E-state index in [-0.39, 0.29) is 8.89 Å². The second kappa shape index (κ2) is 9.57. The smallest absolute Gasteiger partial charge is 0.272 e. The van der Waals surface area contributed by atoms with Gasteiger partial charge in [-0.05, 0) is 0 Å². The van der Waals surface area contributed by atoms with Crippen molar-refractivity contribution in [2.45, 2.75) is 0 Å². The zero-order valence-electron chi connectivity index (χ0n) is 10.8. The van der Waals surface area contributed by atoms with Crippen molar-refractivity contribution in [2.24, 2.45) is 0 Å². The van der Waals surface area contributed by atoms with Crippen LogP contribution in [0.2, 0.25) is 0 Å². The van der Waals surface area contributed by atoms with Crippen LogP contribution in [0.5, 0.6) is 0 Å².